The van der Waals surface area contributed by atoms with Crippen LogP contribution in [0.2, 0.25) is 0 Å². The standard InChI is InChI=1S/C61H73F3N6O5S2/c1-39-16-17-40(2)54(77-38-39)45-20-18-42(19-21-45)41(3)67-55(72)53-15-12-33-68(53)56(73)51(59(4,5)6)14-11-13-50(71)37-75-34-10-9-32-66-47-27-22-43(23-28-47)44-24-29-48(30-25-44)70-58(76)69(57(74)60(70,7)8)49-31-26-46(36-65)52(35-49)61(62,63)64/h18,20,22-31,35,38,41,51,53,66H,9-17,19,21,32-34,37H2,1-8H3,(H,67,72)/t41-,51+,53-/m0/s1. The lowest BCUT2D eigenvalue weighted by molar-refractivity contribution is -0.145. The zero-order valence-corrected chi connectivity index (χ0v) is 47.3. The number of thiocarbonyl (C=S) groups is 1. The summed E-state index contributed by atoms with van der Waals surface area (Å²) in [5.74, 6) is -0.925. The van der Waals surface area contributed by atoms with Crippen LogP contribution in [0.15, 0.2) is 111 Å². The first kappa shape index (κ1) is 58.7. The number of hydrogen-bond donors (Lipinski definition) is 2. The van der Waals surface area contributed by atoms with Crippen LogP contribution in [0.25, 0.3) is 11.1 Å². The first-order valence-electron chi connectivity index (χ1n) is 26.9. The zero-order chi connectivity index (χ0) is 55.8. The van der Waals surface area contributed by atoms with E-state index in [9.17, 15) is 37.6 Å². The number of nitrogens with zero attached hydrogens (tertiary/aromatic N) is 4. The number of carbonyl (C=O) groups excluding carboxylic acids is 4. The van der Waals surface area contributed by atoms with E-state index < -0.39 is 34.8 Å². The molecule has 0 saturated carbocycles. The van der Waals surface area contributed by atoms with Gasteiger partial charge in [-0.3, -0.25) is 24.1 Å². The highest BCUT2D eigenvalue weighted by Crippen LogP contribution is 2.42. The number of rotatable bonds is 20. The molecule has 3 heterocycles. The lowest BCUT2D eigenvalue weighted by Gasteiger charge is -2.35. The Hall–Kier alpha value is -6.02. The number of anilines is 3. The van der Waals surface area contributed by atoms with Gasteiger partial charge in [0, 0.05) is 54.4 Å². The Bertz CT molecular complexity index is 2880. The SMILES string of the molecule is CC1=CSC(C2=CC=C([C@H](C)NC(=O)[C@@H]3CCCN3C(=O)[C@@H](CCCC(=O)COCCCCNc3ccc(-c4ccc(N5C(=S)N(c6ccc(C#N)c(C(F)(F)F)c6)C(=O)C5(C)C)cc4)cc3)C(C)(C)C)CC2)=C(C)CC1. The van der Waals surface area contributed by atoms with E-state index in [0.717, 1.165) is 78.8 Å². The van der Waals surface area contributed by atoms with Gasteiger partial charge in [-0.1, -0.05) is 80.1 Å². The van der Waals surface area contributed by atoms with Crippen LogP contribution in [-0.4, -0.2) is 77.4 Å². The number of ether oxygens (including phenoxy) is 1. The molecule has 3 atom stereocenters. The van der Waals surface area contributed by atoms with Crippen molar-refractivity contribution in [1.82, 2.24) is 10.2 Å². The van der Waals surface area contributed by atoms with Crippen molar-refractivity contribution in [3.63, 3.8) is 0 Å². The predicted molar refractivity (Wildman–Crippen MR) is 306 cm³/mol. The van der Waals surface area contributed by atoms with Crippen molar-refractivity contribution < 1.29 is 37.1 Å². The van der Waals surface area contributed by atoms with Crippen LogP contribution in [-0.2, 0) is 30.1 Å². The quantitative estimate of drug-likeness (QED) is 0.0832. The fourth-order valence-electron chi connectivity index (χ4n) is 10.6. The molecule has 2 fully saturated rings. The molecular weight excluding hydrogens is 1020 g/mol. The van der Waals surface area contributed by atoms with Gasteiger partial charge in [-0.05, 0) is 187 Å². The fourth-order valence-corrected chi connectivity index (χ4v) is 12.2. The highest BCUT2D eigenvalue weighted by atomic mass is 32.2. The number of unbranched alkanes of at least 4 members (excludes halogenated alkanes) is 1. The number of amides is 3. The van der Waals surface area contributed by atoms with Gasteiger partial charge in [0.2, 0.25) is 11.8 Å². The number of halogens is 3. The average molecular weight is 1090 g/mol. The second kappa shape index (κ2) is 25.2. The Morgan fingerprint density at radius 1 is 0.922 bits per heavy atom. The Morgan fingerprint density at radius 3 is 2.26 bits per heavy atom. The normalized spacial score (nSPS) is 18.8. The molecule has 16 heteroatoms. The first-order valence-corrected chi connectivity index (χ1v) is 28.1. The predicted octanol–water partition coefficient (Wildman–Crippen LogP) is 13.6. The summed E-state index contributed by atoms with van der Waals surface area (Å²) in [6.07, 6.45) is 8.07. The van der Waals surface area contributed by atoms with Crippen molar-refractivity contribution in [2.24, 2.45) is 11.3 Å². The highest BCUT2D eigenvalue weighted by molar-refractivity contribution is 8.06. The summed E-state index contributed by atoms with van der Waals surface area (Å²) in [5.41, 5.74) is 5.52. The van der Waals surface area contributed by atoms with Crippen LogP contribution in [0.1, 0.15) is 137 Å². The number of nitriles is 1. The lowest BCUT2D eigenvalue weighted by atomic mass is 9.76. The van der Waals surface area contributed by atoms with Gasteiger partial charge in [0.1, 0.15) is 18.2 Å². The minimum atomic E-state index is -4.79. The Balaban J connectivity index is 0.805. The Labute approximate surface area is 462 Å². The molecule has 4 aliphatic rings. The molecule has 410 valence electrons. The second-order valence-corrected chi connectivity index (χ2v) is 23.6. The molecule has 1 aliphatic carbocycles. The molecular formula is C61H73F3N6O5S2. The molecule has 3 amide bonds. The summed E-state index contributed by atoms with van der Waals surface area (Å²) in [6, 6.07) is 19.4. The third-order valence-electron chi connectivity index (χ3n) is 15.2. The largest absolute Gasteiger partial charge is 0.417 e. The van der Waals surface area contributed by atoms with Crippen molar-refractivity contribution in [3.8, 4) is 17.2 Å². The van der Waals surface area contributed by atoms with Gasteiger partial charge in [0.25, 0.3) is 5.91 Å². The number of carbonyl (C=O) groups is 4. The summed E-state index contributed by atoms with van der Waals surface area (Å²) in [5, 5.41) is 18.2. The van der Waals surface area contributed by atoms with Crippen LogP contribution in [0, 0.1) is 22.7 Å². The minimum absolute atomic E-state index is 0.00639. The fraction of sp³-hybridized carbons (Fsp3) is 0.475. The van der Waals surface area contributed by atoms with Gasteiger partial charge in [-0.15, -0.1) is 0 Å². The highest BCUT2D eigenvalue weighted by Gasteiger charge is 2.51. The summed E-state index contributed by atoms with van der Waals surface area (Å²) in [6.45, 7) is 17.7. The molecule has 2 N–H and O–H groups in total. The number of thioether (sulfide) groups is 1. The van der Waals surface area contributed by atoms with E-state index in [-0.39, 0.29) is 52.4 Å². The molecule has 0 aromatic heterocycles. The lowest BCUT2D eigenvalue weighted by Crippen LogP contribution is -2.51. The summed E-state index contributed by atoms with van der Waals surface area (Å²) in [4.78, 5) is 60.4. The molecule has 0 spiro atoms. The number of benzene rings is 3. The summed E-state index contributed by atoms with van der Waals surface area (Å²) < 4.78 is 47.1. The average Bonchev–Trinajstić information content (AvgIpc) is 3.92. The van der Waals surface area contributed by atoms with Crippen LogP contribution in [0.5, 0.6) is 0 Å². The molecule has 2 saturated heterocycles. The van der Waals surface area contributed by atoms with Crippen LogP contribution >= 0.6 is 24.0 Å². The van der Waals surface area contributed by atoms with Crippen LogP contribution in [0.3, 0.4) is 0 Å². The molecule has 0 unspecified atom stereocenters. The topological polar surface area (TPSA) is 135 Å². The van der Waals surface area contributed by atoms with E-state index in [1.165, 1.54) is 33.3 Å². The number of hydrogen-bond acceptors (Lipinski definition) is 9. The first-order chi connectivity index (χ1) is 36.5. The van der Waals surface area contributed by atoms with Gasteiger partial charge in [0.15, 0.2) is 10.9 Å². The van der Waals surface area contributed by atoms with E-state index in [4.69, 9.17) is 17.0 Å². The van der Waals surface area contributed by atoms with Crippen molar-refractivity contribution in [2.45, 2.75) is 150 Å². The zero-order valence-electron chi connectivity index (χ0n) is 45.7. The van der Waals surface area contributed by atoms with Crippen molar-refractivity contribution in [3.05, 3.63) is 123 Å². The summed E-state index contributed by atoms with van der Waals surface area (Å²) in [7, 11) is 0. The summed E-state index contributed by atoms with van der Waals surface area (Å²) >= 11 is 7.52. The smallest absolute Gasteiger partial charge is 0.385 e. The van der Waals surface area contributed by atoms with Gasteiger partial charge >= 0.3 is 6.18 Å². The minimum Gasteiger partial charge on any atom is -0.385 e. The molecule has 77 heavy (non-hydrogen) atoms. The van der Waals surface area contributed by atoms with E-state index in [2.05, 4.69) is 62.8 Å². The van der Waals surface area contributed by atoms with Crippen molar-refractivity contribution in [2.75, 3.05) is 41.4 Å². The van der Waals surface area contributed by atoms with Gasteiger partial charge < -0.3 is 25.2 Å². The number of ketones is 1. The molecule has 3 aromatic carbocycles. The van der Waals surface area contributed by atoms with E-state index in [1.807, 2.05) is 67.2 Å². The molecule has 0 bridgehead atoms. The van der Waals surface area contributed by atoms with E-state index >= 15 is 0 Å². The second-order valence-electron chi connectivity index (χ2n) is 22.4. The van der Waals surface area contributed by atoms with Crippen molar-refractivity contribution in [1.29, 1.82) is 5.26 Å². The van der Waals surface area contributed by atoms with Crippen LogP contribution in [0.4, 0.5) is 30.2 Å². The molecule has 3 aliphatic heterocycles. The van der Waals surface area contributed by atoms with Gasteiger partial charge in [-0.25, -0.2) is 0 Å². The molecule has 7 rings (SSSR count). The number of allylic oxidation sites excluding steroid dienone is 5. The van der Waals surface area contributed by atoms with Gasteiger partial charge in [-0.2, -0.15) is 18.4 Å². The molecule has 0 radical (unpaired) electrons. The maximum absolute atomic E-state index is 14.2. The van der Waals surface area contributed by atoms with E-state index in [0.29, 0.717) is 51.1 Å². The maximum Gasteiger partial charge on any atom is 0.417 e. The molecule has 11 nitrogen and oxygen atoms in total. The monoisotopic (exact) mass is 1090 g/mol. The Morgan fingerprint density at radius 2 is 1.61 bits per heavy atom. The van der Waals surface area contributed by atoms with Crippen molar-refractivity contribution >= 4 is 69.7 Å². The number of alkyl halides is 3. The third-order valence-corrected chi connectivity index (χ3v) is 16.9. The maximum atomic E-state index is 14.2. The number of nitrogens with one attached hydrogen (secondary N) is 2. The Kier molecular flexibility index (Phi) is 19.2. The van der Waals surface area contributed by atoms with Crippen LogP contribution < -0.4 is 20.4 Å². The van der Waals surface area contributed by atoms with Gasteiger partial charge in [0.05, 0.1) is 22.9 Å². The number of Topliss-reactive ketones (excluding diaryl/α,β-unsaturated/α-hetero) is 1. The third kappa shape index (κ3) is 14.2. The van der Waals surface area contributed by atoms with E-state index in [1.54, 1.807) is 29.7 Å². The molecule has 3 aromatic rings. The number of likely N-dealkylation sites (tertiary alicyclic amines) is 1.